The van der Waals surface area contributed by atoms with Crippen LogP contribution in [-0.2, 0) is 4.79 Å². The number of likely N-dealkylation sites (N-methyl/N-ethyl adjacent to an activating group) is 2. The van der Waals surface area contributed by atoms with Gasteiger partial charge >= 0.3 is 0 Å². The molecule has 0 aromatic carbocycles. The van der Waals surface area contributed by atoms with E-state index in [1.807, 2.05) is 26.0 Å². The van der Waals surface area contributed by atoms with E-state index < -0.39 is 0 Å². The lowest BCUT2D eigenvalue weighted by Crippen LogP contribution is -2.47. The Morgan fingerprint density at radius 2 is 1.71 bits per heavy atom. The fraction of sp³-hybridized carbons (Fsp3) is 0.923. The largest absolute Gasteiger partial charge is 0.344 e. The molecule has 0 heterocycles. The number of carbonyl (C=O) groups excluding carboxylic acids is 1. The molecule has 1 aliphatic rings. The van der Waals surface area contributed by atoms with E-state index in [4.69, 9.17) is 5.73 Å². The summed E-state index contributed by atoms with van der Waals surface area (Å²) >= 11 is 0. The highest BCUT2D eigenvalue weighted by molar-refractivity contribution is 5.77. The summed E-state index contributed by atoms with van der Waals surface area (Å²) in [5.41, 5.74) is 6.06. The van der Waals surface area contributed by atoms with Gasteiger partial charge < -0.3 is 15.5 Å². The van der Waals surface area contributed by atoms with Gasteiger partial charge in [-0.1, -0.05) is 19.3 Å². The molecule has 1 fully saturated rings. The first-order valence-corrected chi connectivity index (χ1v) is 6.60. The van der Waals surface area contributed by atoms with Crippen LogP contribution in [0.25, 0.3) is 0 Å². The van der Waals surface area contributed by atoms with Gasteiger partial charge in [-0.3, -0.25) is 4.79 Å². The summed E-state index contributed by atoms with van der Waals surface area (Å²) in [4.78, 5) is 16.0. The Morgan fingerprint density at radius 1 is 1.12 bits per heavy atom. The molecule has 0 bridgehead atoms. The summed E-state index contributed by atoms with van der Waals surface area (Å²) in [6.45, 7) is 1.68. The maximum Gasteiger partial charge on any atom is 0.224 e. The lowest BCUT2D eigenvalue weighted by molar-refractivity contribution is -0.131. The molecule has 0 atom stereocenters. The van der Waals surface area contributed by atoms with Gasteiger partial charge in [0.1, 0.15) is 0 Å². The summed E-state index contributed by atoms with van der Waals surface area (Å²) in [5, 5.41) is 0. The highest BCUT2D eigenvalue weighted by Gasteiger charge is 2.30. The van der Waals surface area contributed by atoms with Gasteiger partial charge in [0.05, 0.1) is 0 Å². The van der Waals surface area contributed by atoms with Crippen molar-refractivity contribution in [2.75, 3.05) is 34.2 Å². The van der Waals surface area contributed by atoms with E-state index in [1.165, 1.54) is 19.3 Å². The van der Waals surface area contributed by atoms with E-state index in [2.05, 4.69) is 4.90 Å². The van der Waals surface area contributed by atoms with Gasteiger partial charge in [-0.15, -0.1) is 0 Å². The van der Waals surface area contributed by atoms with E-state index in [0.29, 0.717) is 6.42 Å². The molecule has 0 aromatic rings. The van der Waals surface area contributed by atoms with Crippen LogP contribution in [0.4, 0.5) is 0 Å². The van der Waals surface area contributed by atoms with Crippen molar-refractivity contribution in [1.29, 1.82) is 0 Å². The molecule has 0 spiro atoms. The Morgan fingerprint density at radius 3 is 2.24 bits per heavy atom. The second kappa shape index (κ2) is 6.36. The Kier molecular flexibility index (Phi) is 5.40. The van der Waals surface area contributed by atoms with E-state index in [0.717, 1.165) is 25.9 Å². The van der Waals surface area contributed by atoms with Crippen LogP contribution >= 0.6 is 0 Å². The molecule has 4 heteroatoms. The lowest BCUT2D eigenvalue weighted by atomic mass is 9.80. The first kappa shape index (κ1) is 14.5. The van der Waals surface area contributed by atoms with Crippen molar-refractivity contribution >= 4 is 5.91 Å². The quantitative estimate of drug-likeness (QED) is 0.783. The fourth-order valence-corrected chi connectivity index (χ4v) is 2.34. The second-order valence-electron chi connectivity index (χ2n) is 5.72. The van der Waals surface area contributed by atoms with Crippen LogP contribution in [0, 0.1) is 0 Å². The highest BCUT2D eigenvalue weighted by atomic mass is 16.2. The molecule has 100 valence electrons. The standard InChI is InChI=1S/C13H27N3O/c1-15(2)9-10-16(3)12(17)11-13(14)7-5-4-6-8-13/h4-11,14H2,1-3H3. The maximum atomic E-state index is 12.1. The molecule has 0 aliphatic heterocycles. The van der Waals surface area contributed by atoms with Gasteiger partial charge in [-0.05, 0) is 26.9 Å². The molecule has 1 saturated carbocycles. The third-order valence-corrected chi connectivity index (χ3v) is 3.66. The molecule has 2 N–H and O–H groups in total. The number of rotatable bonds is 5. The van der Waals surface area contributed by atoms with Gasteiger partial charge in [-0.2, -0.15) is 0 Å². The van der Waals surface area contributed by atoms with E-state index in [1.54, 1.807) is 0 Å². The smallest absolute Gasteiger partial charge is 0.224 e. The molecule has 1 amide bonds. The second-order valence-corrected chi connectivity index (χ2v) is 5.72. The van der Waals surface area contributed by atoms with Crippen molar-refractivity contribution in [3.05, 3.63) is 0 Å². The lowest BCUT2D eigenvalue weighted by Gasteiger charge is -2.34. The van der Waals surface area contributed by atoms with Crippen LogP contribution < -0.4 is 5.73 Å². The van der Waals surface area contributed by atoms with Crippen molar-refractivity contribution in [2.24, 2.45) is 5.73 Å². The third kappa shape index (κ3) is 5.04. The van der Waals surface area contributed by atoms with Gasteiger partial charge in [0, 0.05) is 32.1 Å². The van der Waals surface area contributed by atoms with Crippen molar-refractivity contribution in [3.8, 4) is 0 Å². The Bertz CT molecular complexity index is 247. The number of hydrogen-bond donors (Lipinski definition) is 1. The number of carbonyl (C=O) groups is 1. The van der Waals surface area contributed by atoms with Crippen LogP contribution in [0.1, 0.15) is 38.5 Å². The average molecular weight is 241 g/mol. The van der Waals surface area contributed by atoms with Crippen LogP contribution in [0.5, 0.6) is 0 Å². The van der Waals surface area contributed by atoms with Gasteiger partial charge in [0.25, 0.3) is 0 Å². The predicted molar refractivity (Wildman–Crippen MR) is 70.8 cm³/mol. The fourth-order valence-electron chi connectivity index (χ4n) is 2.34. The van der Waals surface area contributed by atoms with Crippen molar-refractivity contribution < 1.29 is 4.79 Å². The Balaban J connectivity index is 2.36. The van der Waals surface area contributed by atoms with Gasteiger partial charge in [0.2, 0.25) is 5.91 Å². The summed E-state index contributed by atoms with van der Waals surface area (Å²) in [6.07, 6.45) is 6.12. The summed E-state index contributed by atoms with van der Waals surface area (Å²) in [7, 11) is 5.91. The zero-order valence-corrected chi connectivity index (χ0v) is 11.5. The minimum Gasteiger partial charge on any atom is -0.344 e. The molecule has 17 heavy (non-hydrogen) atoms. The molecule has 0 saturated heterocycles. The molecular weight excluding hydrogens is 214 g/mol. The zero-order chi connectivity index (χ0) is 12.9. The van der Waals surface area contributed by atoms with Gasteiger partial charge in [0.15, 0.2) is 0 Å². The minimum absolute atomic E-state index is 0.191. The summed E-state index contributed by atoms with van der Waals surface area (Å²) in [5.74, 6) is 0.191. The number of amides is 1. The molecule has 1 rings (SSSR count). The van der Waals surface area contributed by atoms with Crippen LogP contribution in [-0.4, -0.2) is 55.5 Å². The van der Waals surface area contributed by atoms with E-state index in [9.17, 15) is 4.79 Å². The van der Waals surface area contributed by atoms with Crippen molar-refractivity contribution in [1.82, 2.24) is 9.80 Å². The number of nitrogens with zero attached hydrogens (tertiary/aromatic N) is 2. The molecular formula is C13H27N3O. The minimum atomic E-state index is -0.234. The van der Waals surface area contributed by atoms with Gasteiger partial charge in [-0.25, -0.2) is 0 Å². The van der Waals surface area contributed by atoms with Crippen LogP contribution in [0.2, 0.25) is 0 Å². The topological polar surface area (TPSA) is 49.6 Å². The van der Waals surface area contributed by atoms with Crippen molar-refractivity contribution in [3.63, 3.8) is 0 Å². The number of nitrogens with two attached hydrogens (primary N) is 1. The Labute approximate surface area is 105 Å². The summed E-state index contributed by atoms with van der Waals surface area (Å²) in [6, 6.07) is 0. The molecule has 0 radical (unpaired) electrons. The first-order valence-electron chi connectivity index (χ1n) is 6.60. The van der Waals surface area contributed by atoms with Crippen molar-refractivity contribution in [2.45, 2.75) is 44.1 Å². The Hall–Kier alpha value is -0.610. The maximum absolute atomic E-state index is 12.1. The monoisotopic (exact) mass is 241 g/mol. The van der Waals surface area contributed by atoms with E-state index in [-0.39, 0.29) is 11.4 Å². The molecule has 4 nitrogen and oxygen atoms in total. The molecule has 0 unspecified atom stereocenters. The third-order valence-electron chi connectivity index (χ3n) is 3.66. The average Bonchev–Trinajstić information content (AvgIpc) is 2.26. The molecule has 1 aliphatic carbocycles. The highest BCUT2D eigenvalue weighted by Crippen LogP contribution is 2.28. The zero-order valence-electron chi connectivity index (χ0n) is 11.5. The van der Waals surface area contributed by atoms with E-state index >= 15 is 0 Å². The summed E-state index contributed by atoms with van der Waals surface area (Å²) < 4.78 is 0. The van der Waals surface area contributed by atoms with Crippen LogP contribution in [0.15, 0.2) is 0 Å². The predicted octanol–water partition coefficient (Wildman–Crippen LogP) is 1.06. The number of hydrogen-bond acceptors (Lipinski definition) is 3. The first-order chi connectivity index (χ1) is 7.93. The SMILES string of the molecule is CN(C)CCN(C)C(=O)CC1(N)CCCCC1. The molecule has 0 aromatic heterocycles. The normalized spacial score (nSPS) is 19.4. The van der Waals surface area contributed by atoms with Crippen LogP contribution in [0.3, 0.4) is 0 Å².